The Labute approximate surface area is 163 Å². The first-order valence-electron chi connectivity index (χ1n) is 12.9. The topological polar surface area (TPSA) is 98.0 Å². The summed E-state index contributed by atoms with van der Waals surface area (Å²) in [6.45, 7) is -3.43. The number of aliphatic carboxylic acids is 1. The van der Waals surface area contributed by atoms with Crippen LogP contribution >= 0.6 is 0 Å². The van der Waals surface area contributed by atoms with Crippen LogP contribution in [0.4, 0.5) is 0 Å². The molecule has 0 aromatic rings. The molecular weight excluding hydrogens is 320 g/mol. The quantitative estimate of drug-likeness (QED) is 0.316. The number of carbonyl (C=O) groups is 1. The zero-order valence-electron chi connectivity index (χ0n) is 23.1. The molecule has 0 saturated heterocycles. The van der Waals surface area contributed by atoms with Gasteiger partial charge in [0.05, 0.1) is 18.3 Å². The zero-order chi connectivity index (χ0) is 26.5. The largest absolute Gasteiger partial charge is 0.481 e. The highest BCUT2D eigenvalue weighted by Crippen LogP contribution is 2.36. The van der Waals surface area contributed by atoms with Crippen molar-refractivity contribution in [3.63, 3.8) is 0 Å². The van der Waals surface area contributed by atoms with Gasteiger partial charge in [-0.25, -0.2) is 0 Å². The number of allylic oxidation sites excluding steroid dienone is 2. The van der Waals surface area contributed by atoms with Crippen LogP contribution in [0.15, 0.2) is 24.3 Å². The van der Waals surface area contributed by atoms with Gasteiger partial charge in [0, 0.05) is 31.1 Å². The van der Waals surface area contributed by atoms with Crippen LogP contribution in [0.2, 0.25) is 0 Å². The molecular formula is C20H34O5. The summed E-state index contributed by atoms with van der Waals surface area (Å²) < 4.78 is 68.4. The molecule has 1 saturated carbocycles. The summed E-state index contributed by atoms with van der Waals surface area (Å²) >= 11 is 0. The van der Waals surface area contributed by atoms with Crippen molar-refractivity contribution >= 4 is 5.97 Å². The average Bonchev–Trinajstić information content (AvgIpc) is 2.93. The minimum absolute atomic E-state index is 0.0394. The van der Waals surface area contributed by atoms with Crippen LogP contribution in [0.1, 0.15) is 76.8 Å². The molecule has 0 radical (unpaired) electrons. The molecule has 5 atom stereocenters. The third-order valence-electron chi connectivity index (χ3n) is 4.27. The van der Waals surface area contributed by atoms with Crippen LogP contribution < -0.4 is 0 Å². The van der Waals surface area contributed by atoms with Gasteiger partial charge in [0.2, 0.25) is 0 Å². The Balaban J connectivity index is 2.84. The maximum absolute atomic E-state index is 10.5. The van der Waals surface area contributed by atoms with E-state index in [9.17, 15) is 20.1 Å². The van der Waals surface area contributed by atoms with Crippen molar-refractivity contribution in [1.82, 2.24) is 0 Å². The predicted molar refractivity (Wildman–Crippen MR) is 98.1 cm³/mol. The fraction of sp³-hybridized carbons (Fsp3) is 0.750. The van der Waals surface area contributed by atoms with Gasteiger partial charge in [0.1, 0.15) is 0 Å². The lowest BCUT2D eigenvalue weighted by Crippen LogP contribution is -2.20. The first-order valence-corrected chi connectivity index (χ1v) is 8.44. The summed E-state index contributed by atoms with van der Waals surface area (Å²) in [4.78, 5) is 10.5. The molecule has 144 valence electrons. The van der Waals surface area contributed by atoms with Gasteiger partial charge in [-0.05, 0) is 31.6 Å². The second-order valence-corrected chi connectivity index (χ2v) is 6.19. The van der Waals surface area contributed by atoms with Crippen molar-refractivity contribution in [3.8, 4) is 0 Å². The van der Waals surface area contributed by atoms with E-state index >= 15 is 0 Å². The van der Waals surface area contributed by atoms with Crippen LogP contribution in [0.25, 0.3) is 0 Å². The van der Waals surface area contributed by atoms with Gasteiger partial charge in [-0.3, -0.25) is 4.79 Å². The van der Waals surface area contributed by atoms with Crippen LogP contribution in [0, 0.1) is 11.8 Å². The smallest absolute Gasteiger partial charge is 0.303 e. The second kappa shape index (κ2) is 12.2. The molecule has 0 aromatic heterocycles. The van der Waals surface area contributed by atoms with Gasteiger partial charge >= 0.3 is 5.97 Å². The molecule has 1 rings (SSSR count). The zero-order valence-corrected chi connectivity index (χ0v) is 14.1. The van der Waals surface area contributed by atoms with Gasteiger partial charge in [0.25, 0.3) is 0 Å². The Morgan fingerprint density at radius 1 is 1.32 bits per heavy atom. The Morgan fingerprint density at radius 2 is 2.12 bits per heavy atom. The Hall–Kier alpha value is -1.17. The van der Waals surface area contributed by atoms with Gasteiger partial charge in [0.15, 0.2) is 0 Å². The minimum Gasteiger partial charge on any atom is -0.481 e. The van der Waals surface area contributed by atoms with Crippen LogP contribution in [-0.4, -0.2) is 44.7 Å². The Bertz CT molecular complexity index is 736. The highest BCUT2D eigenvalue weighted by Gasteiger charge is 2.39. The molecule has 0 aromatic carbocycles. The second-order valence-electron chi connectivity index (χ2n) is 6.19. The van der Waals surface area contributed by atoms with Crippen molar-refractivity contribution < 1.29 is 37.6 Å². The van der Waals surface area contributed by atoms with E-state index in [-0.39, 0.29) is 12.8 Å². The number of aliphatic hydroxyl groups excluding tert-OH is 3. The molecule has 0 unspecified atom stereocenters. The van der Waals surface area contributed by atoms with Crippen LogP contribution in [-0.2, 0) is 4.79 Å². The first-order chi connectivity index (χ1) is 15.3. The summed E-state index contributed by atoms with van der Waals surface area (Å²) in [6, 6.07) is 0. The number of carboxylic acid groups (broad SMARTS) is 1. The Morgan fingerprint density at radius 3 is 2.84 bits per heavy atom. The van der Waals surface area contributed by atoms with Crippen molar-refractivity contribution in [1.29, 1.82) is 0 Å². The molecule has 5 heteroatoms. The highest BCUT2D eigenvalue weighted by molar-refractivity contribution is 5.66. The van der Waals surface area contributed by atoms with Crippen LogP contribution in [0.5, 0.6) is 0 Å². The van der Waals surface area contributed by atoms with Gasteiger partial charge in [-0.1, -0.05) is 50.3 Å². The summed E-state index contributed by atoms with van der Waals surface area (Å²) in [5.74, 6) is -1.90. The summed E-state index contributed by atoms with van der Waals surface area (Å²) in [5, 5.41) is 39.4. The first kappa shape index (κ1) is 11.5. The van der Waals surface area contributed by atoms with Gasteiger partial charge in [-0.15, -0.1) is 0 Å². The van der Waals surface area contributed by atoms with E-state index in [0.29, 0.717) is 19.3 Å². The number of unbranched alkanes of at least 4 members (excludes halogenated alkanes) is 1. The summed E-state index contributed by atoms with van der Waals surface area (Å²) in [7, 11) is 0. The van der Waals surface area contributed by atoms with E-state index < -0.39 is 68.5 Å². The average molecular weight is 364 g/mol. The third-order valence-corrected chi connectivity index (χ3v) is 4.27. The lowest BCUT2D eigenvalue weighted by Gasteiger charge is -2.19. The predicted octanol–water partition coefficient (Wildman–Crippen LogP) is 3.04. The van der Waals surface area contributed by atoms with Crippen molar-refractivity contribution in [2.24, 2.45) is 11.8 Å². The molecule has 0 aliphatic heterocycles. The maximum atomic E-state index is 10.5. The number of aliphatic hydroxyl groups is 3. The molecule has 4 N–H and O–H groups in total. The van der Waals surface area contributed by atoms with Gasteiger partial charge in [-0.2, -0.15) is 0 Å². The molecule has 0 amide bonds. The van der Waals surface area contributed by atoms with Crippen molar-refractivity contribution in [2.75, 3.05) is 0 Å². The van der Waals surface area contributed by atoms with E-state index in [1.807, 2.05) is 0 Å². The van der Waals surface area contributed by atoms with E-state index in [0.717, 1.165) is 6.08 Å². The molecule has 1 aliphatic carbocycles. The maximum Gasteiger partial charge on any atom is 0.303 e. The van der Waals surface area contributed by atoms with E-state index in [2.05, 4.69) is 0 Å². The lowest BCUT2D eigenvalue weighted by molar-refractivity contribution is -0.137. The summed E-state index contributed by atoms with van der Waals surface area (Å²) in [5.41, 5.74) is 0. The van der Waals surface area contributed by atoms with Crippen LogP contribution in [0.3, 0.4) is 0 Å². The highest BCUT2D eigenvalue weighted by atomic mass is 16.4. The molecule has 1 fully saturated rings. The minimum atomic E-state index is -3.51. The monoisotopic (exact) mass is 363 g/mol. The Kier molecular flexibility index (Phi) is 5.64. The number of hydrogen-bond donors (Lipinski definition) is 4. The normalized spacial score (nSPS) is 35.7. The van der Waals surface area contributed by atoms with Gasteiger partial charge < -0.3 is 20.4 Å². The molecule has 0 spiro atoms. The molecule has 5 nitrogen and oxygen atoms in total. The summed E-state index contributed by atoms with van der Waals surface area (Å²) in [6.07, 6.45) is -6.70. The van der Waals surface area contributed by atoms with Crippen molar-refractivity contribution in [3.05, 3.63) is 24.3 Å². The van der Waals surface area contributed by atoms with E-state index in [1.54, 1.807) is 12.2 Å². The molecule has 1 aliphatic rings. The fourth-order valence-electron chi connectivity index (χ4n) is 2.97. The molecule has 0 heterocycles. The van der Waals surface area contributed by atoms with E-state index in [1.165, 1.54) is 6.08 Å². The van der Waals surface area contributed by atoms with E-state index in [4.69, 9.17) is 17.4 Å². The third kappa shape index (κ3) is 8.66. The standard InChI is InChI=1S/C20H34O5/c1-2-3-6-9-15(21)12-13-17-16(18(22)14-19(17)23)10-7-4-5-8-11-20(24)25/h4,7,12-13,15-19,21-23H,2-3,5-6,8-11,14H2,1H3,(H,24,25)/b7-4-,13-12+/t15-,16+,17+,18-,19+/m0/s1/i1D3,2D2,3D2,6D2. The molecule has 0 bridgehead atoms. The fourth-order valence-corrected chi connectivity index (χ4v) is 2.97. The number of rotatable bonds is 12. The lowest BCUT2D eigenvalue weighted by atomic mass is 9.89. The van der Waals surface area contributed by atoms with Crippen molar-refractivity contribution in [2.45, 2.75) is 82.8 Å². The SMILES string of the molecule is [2H]C([2H])([2H])C([2H])([2H])C([2H])([2H])C([2H])([2H])C[C@H](O)/C=C/[C@@H]1[C@@H](C/C=C\CCCC(=O)O)[C@@H](O)C[C@H]1O. The molecule has 25 heavy (non-hydrogen) atoms. The number of carboxylic acids is 1. The number of hydrogen-bond acceptors (Lipinski definition) is 4.